The number of nitrogens with one attached hydrogen (secondary N) is 1. The highest BCUT2D eigenvalue weighted by Gasteiger charge is 2.40. The lowest BCUT2D eigenvalue weighted by molar-refractivity contribution is -0.119. The molecule has 1 saturated heterocycles. The molecule has 1 fully saturated rings. The lowest BCUT2D eigenvalue weighted by atomic mass is 9.88. The molecular weight excluding hydrogens is 380 g/mol. The van der Waals surface area contributed by atoms with E-state index in [-0.39, 0.29) is 18.4 Å². The zero-order valence-corrected chi connectivity index (χ0v) is 16.3. The van der Waals surface area contributed by atoms with Crippen LogP contribution in [0.5, 0.6) is 11.5 Å². The molecule has 0 aromatic heterocycles. The molecule has 2 atom stereocenters. The van der Waals surface area contributed by atoms with E-state index >= 15 is 0 Å². The third kappa shape index (κ3) is 4.43. The Morgan fingerprint density at radius 2 is 1.53 bits per heavy atom. The number of para-hydroxylation sites is 1. The van der Waals surface area contributed by atoms with E-state index in [1.165, 1.54) is 4.90 Å². The Hall–Kier alpha value is -3.80. The molecule has 30 heavy (non-hydrogen) atoms. The maximum Gasteiger partial charge on any atom is 0.407 e. The SMILES string of the molecule is O=C(Nc1cccc(Oc2ccccc2)c1)C1CN(C(=O)O)CC1c1ccccc1. The van der Waals surface area contributed by atoms with Gasteiger partial charge in [0.15, 0.2) is 0 Å². The predicted octanol–water partition coefficient (Wildman–Crippen LogP) is 4.81. The number of amides is 2. The first-order valence-electron chi connectivity index (χ1n) is 9.77. The average molecular weight is 402 g/mol. The van der Waals surface area contributed by atoms with Crippen molar-refractivity contribution in [3.05, 3.63) is 90.5 Å². The van der Waals surface area contributed by atoms with Crippen LogP contribution >= 0.6 is 0 Å². The second kappa shape index (κ2) is 8.69. The van der Waals surface area contributed by atoms with E-state index in [0.29, 0.717) is 23.7 Å². The molecule has 0 aliphatic carbocycles. The van der Waals surface area contributed by atoms with Gasteiger partial charge in [0.1, 0.15) is 11.5 Å². The summed E-state index contributed by atoms with van der Waals surface area (Å²) in [4.78, 5) is 25.9. The van der Waals surface area contributed by atoms with Crippen molar-refractivity contribution in [2.45, 2.75) is 5.92 Å². The monoisotopic (exact) mass is 402 g/mol. The van der Waals surface area contributed by atoms with E-state index in [9.17, 15) is 14.7 Å². The van der Waals surface area contributed by atoms with Crippen LogP contribution in [0.2, 0.25) is 0 Å². The minimum atomic E-state index is -1.01. The number of anilines is 1. The fourth-order valence-electron chi connectivity index (χ4n) is 3.76. The molecule has 6 nitrogen and oxygen atoms in total. The normalized spacial score (nSPS) is 18.1. The summed E-state index contributed by atoms with van der Waals surface area (Å²) < 4.78 is 5.83. The van der Waals surface area contributed by atoms with Crippen LogP contribution in [0.1, 0.15) is 11.5 Å². The van der Waals surface area contributed by atoms with E-state index < -0.39 is 12.0 Å². The van der Waals surface area contributed by atoms with E-state index in [2.05, 4.69) is 5.32 Å². The minimum absolute atomic E-state index is 0.168. The van der Waals surface area contributed by atoms with Gasteiger partial charge in [0, 0.05) is 30.8 Å². The minimum Gasteiger partial charge on any atom is -0.465 e. The molecule has 1 aliphatic heterocycles. The Bertz CT molecular complexity index is 1020. The van der Waals surface area contributed by atoms with Gasteiger partial charge in [-0.05, 0) is 29.8 Å². The van der Waals surface area contributed by atoms with Crippen LogP contribution in [0.3, 0.4) is 0 Å². The molecule has 1 heterocycles. The first kappa shape index (κ1) is 19.5. The standard InChI is InChI=1S/C24H22N2O4/c27-23(22-16-26(24(28)29)15-21(22)17-8-3-1-4-9-17)25-18-10-7-13-20(14-18)30-19-11-5-2-6-12-19/h1-14,21-22H,15-16H2,(H,25,27)(H,28,29). The molecule has 152 valence electrons. The number of nitrogens with zero attached hydrogens (tertiary/aromatic N) is 1. The van der Waals surface area contributed by atoms with Gasteiger partial charge in [-0.3, -0.25) is 4.79 Å². The molecule has 0 radical (unpaired) electrons. The van der Waals surface area contributed by atoms with Crippen molar-refractivity contribution < 1.29 is 19.4 Å². The van der Waals surface area contributed by atoms with Crippen LogP contribution in [0.15, 0.2) is 84.9 Å². The Morgan fingerprint density at radius 1 is 0.867 bits per heavy atom. The molecule has 6 heteroatoms. The quantitative estimate of drug-likeness (QED) is 0.642. The molecule has 3 aromatic carbocycles. The van der Waals surface area contributed by atoms with Crippen molar-refractivity contribution in [1.82, 2.24) is 4.90 Å². The number of benzene rings is 3. The molecule has 3 aromatic rings. The van der Waals surface area contributed by atoms with Crippen molar-refractivity contribution in [2.75, 3.05) is 18.4 Å². The third-order valence-corrected chi connectivity index (χ3v) is 5.24. The largest absolute Gasteiger partial charge is 0.465 e. The lowest BCUT2D eigenvalue weighted by Crippen LogP contribution is -2.30. The van der Waals surface area contributed by atoms with Gasteiger partial charge in [0.25, 0.3) is 0 Å². The number of ether oxygens (including phenoxy) is 1. The van der Waals surface area contributed by atoms with Crippen LogP contribution in [-0.2, 0) is 4.79 Å². The van der Waals surface area contributed by atoms with Crippen molar-refractivity contribution in [2.24, 2.45) is 5.92 Å². The summed E-state index contributed by atoms with van der Waals surface area (Å²) in [6.07, 6.45) is -1.01. The number of carboxylic acid groups (broad SMARTS) is 1. The second-order valence-electron chi connectivity index (χ2n) is 7.24. The maximum atomic E-state index is 13.1. The molecule has 4 rings (SSSR count). The number of rotatable bonds is 5. The molecule has 0 bridgehead atoms. The van der Waals surface area contributed by atoms with Gasteiger partial charge >= 0.3 is 6.09 Å². The highest BCUT2D eigenvalue weighted by atomic mass is 16.5. The fourth-order valence-corrected chi connectivity index (χ4v) is 3.76. The van der Waals surface area contributed by atoms with Crippen LogP contribution in [0, 0.1) is 5.92 Å². The van der Waals surface area contributed by atoms with Gasteiger partial charge in [-0.15, -0.1) is 0 Å². The summed E-state index contributed by atoms with van der Waals surface area (Å²) in [5, 5.41) is 12.4. The smallest absolute Gasteiger partial charge is 0.407 e. The van der Waals surface area contributed by atoms with Gasteiger partial charge in [-0.1, -0.05) is 54.6 Å². The first-order valence-corrected chi connectivity index (χ1v) is 9.77. The van der Waals surface area contributed by atoms with Gasteiger partial charge in [0.2, 0.25) is 5.91 Å². The Labute approximate surface area is 174 Å². The number of likely N-dealkylation sites (tertiary alicyclic amines) is 1. The maximum absolute atomic E-state index is 13.1. The Balaban J connectivity index is 1.50. The van der Waals surface area contributed by atoms with Gasteiger partial charge in [0.05, 0.1) is 5.92 Å². The number of carbonyl (C=O) groups is 2. The third-order valence-electron chi connectivity index (χ3n) is 5.24. The van der Waals surface area contributed by atoms with Crippen LogP contribution in [0.25, 0.3) is 0 Å². The first-order chi connectivity index (χ1) is 14.6. The lowest BCUT2D eigenvalue weighted by Gasteiger charge is -2.18. The molecule has 0 saturated carbocycles. The van der Waals surface area contributed by atoms with E-state index in [4.69, 9.17) is 4.74 Å². The van der Waals surface area contributed by atoms with Gasteiger partial charge in [-0.2, -0.15) is 0 Å². The predicted molar refractivity (Wildman–Crippen MR) is 114 cm³/mol. The highest BCUT2D eigenvalue weighted by Crippen LogP contribution is 2.34. The average Bonchev–Trinajstić information content (AvgIpc) is 3.22. The molecule has 2 N–H and O–H groups in total. The number of hydrogen-bond donors (Lipinski definition) is 2. The Morgan fingerprint density at radius 3 is 2.23 bits per heavy atom. The summed E-state index contributed by atoms with van der Waals surface area (Å²) in [5.74, 6) is 0.452. The second-order valence-corrected chi connectivity index (χ2v) is 7.24. The van der Waals surface area contributed by atoms with Crippen molar-refractivity contribution in [3.8, 4) is 11.5 Å². The molecule has 2 amide bonds. The van der Waals surface area contributed by atoms with Crippen LogP contribution < -0.4 is 10.1 Å². The van der Waals surface area contributed by atoms with Gasteiger partial charge < -0.3 is 20.1 Å². The van der Waals surface area contributed by atoms with E-state index in [0.717, 1.165) is 5.56 Å². The molecular formula is C24H22N2O4. The summed E-state index contributed by atoms with van der Waals surface area (Å²) in [6.45, 7) is 0.468. The fraction of sp³-hybridized carbons (Fsp3) is 0.167. The molecule has 0 spiro atoms. The summed E-state index contributed by atoms with van der Waals surface area (Å²) in [7, 11) is 0. The number of hydrogen-bond acceptors (Lipinski definition) is 3. The molecule has 2 unspecified atom stereocenters. The summed E-state index contributed by atoms with van der Waals surface area (Å²) in [6, 6.07) is 26.1. The van der Waals surface area contributed by atoms with Crippen LogP contribution in [0.4, 0.5) is 10.5 Å². The van der Waals surface area contributed by atoms with Crippen LogP contribution in [-0.4, -0.2) is 35.1 Å². The van der Waals surface area contributed by atoms with E-state index in [1.54, 1.807) is 18.2 Å². The summed E-state index contributed by atoms with van der Waals surface area (Å²) in [5.41, 5.74) is 1.57. The van der Waals surface area contributed by atoms with Crippen molar-refractivity contribution in [3.63, 3.8) is 0 Å². The number of carbonyl (C=O) groups excluding carboxylic acids is 1. The molecule has 1 aliphatic rings. The zero-order valence-electron chi connectivity index (χ0n) is 16.3. The topological polar surface area (TPSA) is 78.9 Å². The Kier molecular flexibility index (Phi) is 5.66. The highest BCUT2D eigenvalue weighted by molar-refractivity contribution is 5.94. The van der Waals surface area contributed by atoms with Gasteiger partial charge in [-0.25, -0.2) is 4.79 Å². The zero-order chi connectivity index (χ0) is 20.9. The van der Waals surface area contributed by atoms with E-state index in [1.807, 2.05) is 66.7 Å². The van der Waals surface area contributed by atoms with Crippen molar-refractivity contribution in [1.29, 1.82) is 0 Å². The van der Waals surface area contributed by atoms with Crippen molar-refractivity contribution >= 4 is 17.7 Å². The summed E-state index contributed by atoms with van der Waals surface area (Å²) >= 11 is 0.